The van der Waals surface area contributed by atoms with Gasteiger partial charge in [0.15, 0.2) is 0 Å². The van der Waals surface area contributed by atoms with Crippen molar-refractivity contribution in [1.82, 2.24) is 0 Å². The predicted octanol–water partition coefficient (Wildman–Crippen LogP) is 3.32. The molecular weight excluding hydrogens is 160 g/mol. The van der Waals surface area contributed by atoms with Gasteiger partial charge in [-0.25, -0.2) is 0 Å². The van der Waals surface area contributed by atoms with Crippen LogP contribution in [0.5, 0.6) is 0 Å². The predicted molar refractivity (Wildman–Crippen MR) is 56.7 cm³/mol. The van der Waals surface area contributed by atoms with E-state index in [-0.39, 0.29) is 0 Å². The van der Waals surface area contributed by atoms with Gasteiger partial charge in [0.2, 0.25) is 0 Å². The molecule has 1 aliphatic carbocycles. The normalized spacial score (nSPS) is 28.4. The molecule has 0 heterocycles. The van der Waals surface area contributed by atoms with E-state index in [1.807, 2.05) is 0 Å². The molecule has 1 nitrogen and oxygen atoms in total. The number of hydrogen-bond acceptors (Lipinski definition) is 1. The van der Waals surface area contributed by atoms with Crippen LogP contribution in [0.3, 0.4) is 0 Å². The first-order valence-corrected chi connectivity index (χ1v) is 5.06. The van der Waals surface area contributed by atoms with Crippen molar-refractivity contribution < 1.29 is 4.74 Å². The summed E-state index contributed by atoms with van der Waals surface area (Å²) in [6.07, 6.45) is 5.98. The molecule has 1 aliphatic rings. The first-order chi connectivity index (χ1) is 6.19. The maximum Gasteiger partial charge on any atom is 0.0784 e. The second-order valence-corrected chi connectivity index (χ2v) is 3.85. The molecule has 13 heavy (non-hydrogen) atoms. The molecule has 0 fully saturated rings. The highest BCUT2D eigenvalue weighted by atomic mass is 16.5. The van der Waals surface area contributed by atoms with Gasteiger partial charge in [-0.1, -0.05) is 25.2 Å². The smallest absolute Gasteiger partial charge is 0.0784 e. The molecule has 0 radical (unpaired) electrons. The van der Waals surface area contributed by atoms with Gasteiger partial charge in [-0.05, 0) is 37.7 Å². The third kappa shape index (κ3) is 2.44. The van der Waals surface area contributed by atoms with Crippen molar-refractivity contribution in [2.75, 3.05) is 7.11 Å². The third-order valence-corrected chi connectivity index (χ3v) is 3.05. The molecule has 0 aromatic carbocycles. The van der Waals surface area contributed by atoms with E-state index in [4.69, 9.17) is 4.74 Å². The standard InChI is InChI=1S/C12H20O/c1-5-9(2)11-7-6-10(3)12(8-11)13-4/h6,11-12H,2,5,7-8H2,1,3-4H3. The zero-order chi connectivity index (χ0) is 9.84. The van der Waals surface area contributed by atoms with E-state index < -0.39 is 0 Å². The second kappa shape index (κ2) is 4.61. The van der Waals surface area contributed by atoms with Crippen molar-refractivity contribution in [1.29, 1.82) is 0 Å². The summed E-state index contributed by atoms with van der Waals surface area (Å²) in [5.41, 5.74) is 2.74. The maximum atomic E-state index is 5.42. The highest BCUT2D eigenvalue weighted by molar-refractivity contribution is 5.15. The fourth-order valence-electron chi connectivity index (χ4n) is 1.90. The fraction of sp³-hybridized carbons (Fsp3) is 0.667. The average molecular weight is 180 g/mol. The molecule has 0 aliphatic heterocycles. The van der Waals surface area contributed by atoms with E-state index in [1.165, 1.54) is 11.1 Å². The van der Waals surface area contributed by atoms with Crippen molar-refractivity contribution in [3.8, 4) is 0 Å². The second-order valence-electron chi connectivity index (χ2n) is 3.85. The van der Waals surface area contributed by atoms with Crippen LogP contribution >= 0.6 is 0 Å². The number of ether oxygens (including phenoxy) is 1. The third-order valence-electron chi connectivity index (χ3n) is 3.05. The minimum atomic E-state index is 0.321. The number of hydrogen-bond donors (Lipinski definition) is 0. The molecule has 74 valence electrons. The lowest BCUT2D eigenvalue weighted by Gasteiger charge is -2.28. The van der Waals surface area contributed by atoms with Crippen LogP contribution in [0.15, 0.2) is 23.8 Å². The Bertz CT molecular complexity index is 215. The lowest BCUT2D eigenvalue weighted by atomic mass is 9.83. The molecule has 2 unspecified atom stereocenters. The Morgan fingerprint density at radius 1 is 1.69 bits per heavy atom. The van der Waals surface area contributed by atoms with E-state index in [0.717, 1.165) is 19.3 Å². The highest BCUT2D eigenvalue weighted by Gasteiger charge is 2.22. The van der Waals surface area contributed by atoms with Crippen molar-refractivity contribution in [2.24, 2.45) is 5.92 Å². The van der Waals surface area contributed by atoms with Gasteiger partial charge in [0, 0.05) is 7.11 Å². The summed E-state index contributed by atoms with van der Waals surface area (Å²) in [6, 6.07) is 0. The van der Waals surface area contributed by atoms with Crippen LogP contribution in [0, 0.1) is 5.92 Å². The molecule has 0 N–H and O–H groups in total. The Balaban J connectivity index is 2.62. The van der Waals surface area contributed by atoms with Crippen LogP contribution in [-0.4, -0.2) is 13.2 Å². The molecule has 0 saturated carbocycles. The Kier molecular flexibility index (Phi) is 3.73. The molecule has 1 heteroatoms. The lowest BCUT2D eigenvalue weighted by molar-refractivity contribution is 0.107. The van der Waals surface area contributed by atoms with Gasteiger partial charge >= 0.3 is 0 Å². The Labute approximate surface area is 81.5 Å². The van der Waals surface area contributed by atoms with E-state index in [1.54, 1.807) is 7.11 Å². The topological polar surface area (TPSA) is 9.23 Å². The summed E-state index contributed by atoms with van der Waals surface area (Å²) in [4.78, 5) is 0. The van der Waals surface area contributed by atoms with E-state index in [9.17, 15) is 0 Å². The van der Waals surface area contributed by atoms with Gasteiger partial charge in [-0.15, -0.1) is 0 Å². The van der Waals surface area contributed by atoms with Crippen LogP contribution in [0.25, 0.3) is 0 Å². The zero-order valence-electron chi connectivity index (χ0n) is 8.97. The molecule has 0 spiro atoms. The van der Waals surface area contributed by atoms with Crippen LogP contribution < -0.4 is 0 Å². The van der Waals surface area contributed by atoms with E-state index >= 15 is 0 Å². The minimum Gasteiger partial charge on any atom is -0.377 e. The Morgan fingerprint density at radius 2 is 2.38 bits per heavy atom. The Hall–Kier alpha value is -0.560. The molecule has 1 rings (SSSR count). The van der Waals surface area contributed by atoms with Crippen LogP contribution in [0.1, 0.15) is 33.1 Å². The first kappa shape index (κ1) is 10.5. The number of rotatable bonds is 3. The van der Waals surface area contributed by atoms with Crippen molar-refractivity contribution in [3.63, 3.8) is 0 Å². The zero-order valence-corrected chi connectivity index (χ0v) is 8.97. The molecule has 0 saturated heterocycles. The highest BCUT2D eigenvalue weighted by Crippen LogP contribution is 2.31. The average Bonchev–Trinajstić information content (AvgIpc) is 2.17. The van der Waals surface area contributed by atoms with Gasteiger partial charge in [0.25, 0.3) is 0 Å². The van der Waals surface area contributed by atoms with E-state index in [2.05, 4.69) is 26.5 Å². The summed E-state index contributed by atoms with van der Waals surface area (Å²) in [6.45, 7) is 8.43. The number of allylic oxidation sites excluding steroid dienone is 2. The van der Waals surface area contributed by atoms with Crippen molar-refractivity contribution in [2.45, 2.75) is 39.2 Å². The summed E-state index contributed by atoms with van der Waals surface area (Å²) in [7, 11) is 1.79. The van der Waals surface area contributed by atoms with Gasteiger partial charge in [-0.3, -0.25) is 0 Å². The van der Waals surface area contributed by atoms with Crippen LogP contribution in [0.4, 0.5) is 0 Å². The van der Waals surface area contributed by atoms with Gasteiger partial charge < -0.3 is 4.74 Å². The molecule has 0 aromatic rings. The molecule has 0 amide bonds. The van der Waals surface area contributed by atoms with Crippen LogP contribution in [-0.2, 0) is 4.74 Å². The monoisotopic (exact) mass is 180 g/mol. The van der Waals surface area contributed by atoms with E-state index in [0.29, 0.717) is 12.0 Å². The summed E-state index contributed by atoms with van der Waals surface area (Å²) >= 11 is 0. The SMILES string of the molecule is C=C(CC)C1CC=C(C)C(OC)C1. The van der Waals surface area contributed by atoms with Gasteiger partial charge in [0.1, 0.15) is 0 Å². The van der Waals surface area contributed by atoms with Gasteiger partial charge in [-0.2, -0.15) is 0 Å². The molecule has 0 bridgehead atoms. The lowest BCUT2D eigenvalue weighted by Crippen LogP contribution is -2.22. The fourth-order valence-corrected chi connectivity index (χ4v) is 1.90. The number of methoxy groups -OCH3 is 1. The summed E-state index contributed by atoms with van der Waals surface area (Å²) in [5, 5.41) is 0. The summed E-state index contributed by atoms with van der Waals surface area (Å²) in [5.74, 6) is 0.638. The first-order valence-electron chi connectivity index (χ1n) is 5.06. The molecular formula is C12H20O. The minimum absolute atomic E-state index is 0.321. The summed E-state index contributed by atoms with van der Waals surface area (Å²) < 4.78 is 5.42. The van der Waals surface area contributed by atoms with Crippen molar-refractivity contribution >= 4 is 0 Å². The Morgan fingerprint density at radius 3 is 2.92 bits per heavy atom. The largest absolute Gasteiger partial charge is 0.377 e. The molecule has 0 aromatic heterocycles. The molecule has 2 atom stereocenters. The van der Waals surface area contributed by atoms with Crippen molar-refractivity contribution in [3.05, 3.63) is 23.8 Å². The maximum absolute atomic E-state index is 5.42. The van der Waals surface area contributed by atoms with Gasteiger partial charge in [0.05, 0.1) is 6.10 Å². The quantitative estimate of drug-likeness (QED) is 0.605. The van der Waals surface area contributed by atoms with Crippen LogP contribution in [0.2, 0.25) is 0 Å².